The molecule has 1 aromatic heterocycles. The van der Waals surface area contributed by atoms with Gasteiger partial charge in [0.15, 0.2) is 4.34 Å². The van der Waals surface area contributed by atoms with Crippen molar-refractivity contribution in [2.45, 2.75) is 16.2 Å². The molecule has 1 N–H and O–H groups in total. The molecule has 16 heavy (non-hydrogen) atoms. The van der Waals surface area contributed by atoms with E-state index in [0.29, 0.717) is 5.56 Å². The van der Waals surface area contributed by atoms with Crippen LogP contribution in [0.4, 0.5) is 0 Å². The minimum absolute atomic E-state index is 0.305. The maximum absolute atomic E-state index is 10.7. The van der Waals surface area contributed by atoms with Gasteiger partial charge in [-0.3, -0.25) is 0 Å². The largest absolute Gasteiger partial charge is 0.478 e. The van der Waals surface area contributed by atoms with E-state index >= 15 is 0 Å². The standard InChI is InChI=1S/C11H9NO2S2/c1-7-6-15-11(12-7)16-9-4-2-8(3-5-9)10(13)14/h2-6H,1H3,(H,13,14). The first kappa shape index (κ1) is 11.2. The van der Waals surface area contributed by atoms with E-state index in [0.717, 1.165) is 14.9 Å². The number of aromatic carboxylic acids is 1. The first-order valence-corrected chi connectivity index (χ1v) is 6.28. The maximum atomic E-state index is 10.7. The Bertz CT molecular complexity index is 505. The smallest absolute Gasteiger partial charge is 0.335 e. The molecule has 0 saturated heterocycles. The van der Waals surface area contributed by atoms with Crippen molar-refractivity contribution in [1.29, 1.82) is 0 Å². The molecule has 0 spiro atoms. The molecule has 0 fully saturated rings. The van der Waals surface area contributed by atoms with Gasteiger partial charge in [-0.1, -0.05) is 11.8 Å². The third-order valence-corrected chi connectivity index (χ3v) is 3.97. The highest BCUT2D eigenvalue weighted by atomic mass is 32.2. The van der Waals surface area contributed by atoms with Crippen molar-refractivity contribution in [1.82, 2.24) is 4.98 Å². The second-order valence-corrected chi connectivity index (χ2v) is 5.37. The molecule has 0 aliphatic carbocycles. The van der Waals surface area contributed by atoms with E-state index in [1.807, 2.05) is 12.3 Å². The maximum Gasteiger partial charge on any atom is 0.335 e. The average molecular weight is 251 g/mol. The summed E-state index contributed by atoms with van der Waals surface area (Å²) in [6, 6.07) is 6.80. The van der Waals surface area contributed by atoms with Crippen LogP contribution in [0.5, 0.6) is 0 Å². The van der Waals surface area contributed by atoms with Crippen molar-refractivity contribution in [2.75, 3.05) is 0 Å². The fraction of sp³-hybridized carbons (Fsp3) is 0.0909. The molecule has 5 heteroatoms. The Hall–Kier alpha value is -1.33. The number of rotatable bonds is 3. The fourth-order valence-electron chi connectivity index (χ4n) is 1.15. The Morgan fingerprint density at radius 1 is 1.38 bits per heavy atom. The van der Waals surface area contributed by atoms with Crippen LogP contribution in [0.2, 0.25) is 0 Å². The van der Waals surface area contributed by atoms with Gasteiger partial charge in [0.2, 0.25) is 0 Å². The van der Waals surface area contributed by atoms with Gasteiger partial charge in [0.25, 0.3) is 0 Å². The van der Waals surface area contributed by atoms with Crippen LogP contribution in [0.15, 0.2) is 38.9 Å². The van der Waals surface area contributed by atoms with Gasteiger partial charge in [0.05, 0.1) is 5.56 Å². The van der Waals surface area contributed by atoms with Crippen LogP contribution in [-0.4, -0.2) is 16.1 Å². The third kappa shape index (κ3) is 2.62. The van der Waals surface area contributed by atoms with Gasteiger partial charge in [-0.15, -0.1) is 11.3 Å². The number of aryl methyl sites for hydroxylation is 1. The van der Waals surface area contributed by atoms with Gasteiger partial charge in [-0.2, -0.15) is 0 Å². The number of benzene rings is 1. The Labute approximate surface area is 101 Å². The second kappa shape index (κ2) is 4.67. The molecule has 82 valence electrons. The number of aromatic nitrogens is 1. The van der Waals surface area contributed by atoms with Gasteiger partial charge < -0.3 is 5.11 Å². The van der Waals surface area contributed by atoms with Gasteiger partial charge in [-0.25, -0.2) is 9.78 Å². The molecule has 2 aromatic rings. The predicted molar refractivity (Wildman–Crippen MR) is 64.4 cm³/mol. The Morgan fingerprint density at radius 3 is 2.56 bits per heavy atom. The molecule has 2 rings (SSSR count). The molecule has 0 unspecified atom stereocenters. The highest BCUT2D eigenvalue weighted by Gasteiger charge is 2.04. The predicted octanol–water partition coefficient (Wildman–Crippen LogP) is 3.30. The van der Waals surface area contributed by atoms with E-state index in [1.54, 1.807) is 47.4 Å². The number of carbonyl (C=O) groups is 1. The molecule has 0 radical (unpaired) electrons. The summed E-state index contributed by atoms with van der Waals surface area (Å²) < 4.78 is 0.973. The zero-order valence-corrected chi connectivity index (χ0v) is 10.1. The lowest BCUT2D eigenvalue weighted by molar-refractivity contribution is 0.0697. The van der Waals surface area contributed by atoms with Gasteiger partial charge >= 0.3 is 5.97 Å². The van der Waals surface area contributed by atoms with E-state index < -0.39 is 5.97 Å². The lowest BCUT2D eigenvalue weighted by Gasteiger charge is -1.98. The van der Waals surface area contributed by atoms with Crippen molar-refractivity contribution in [3.63, 3.8) is 0 Å². The van der Waals surface area contributed by atoms with Crippen molar-refractivity contribution >= 4 is 29.1 Å². The summed E-state index contributed by atoms with van der Waals surface area (Å²) in [5.74, 6) is -0.901. The van der Waals surface area contributed by atoms with E-state index in [9.17, 15) is 4.79 Å². The first-order chi connectivity index (χ1) is 7.65. The van der Waals surface area contributed by atoms with E-state index in [-0.39, 0.29) is 0 Å². The number of nitrogens with zero attached hydrogens (tertiary/aromatic N) is 1. The molecule has 3 nitrogen and oxygen atoms in total. The van der Waals surface area contributed by atoms with Crippen molar-refractivity contribution < 1.29 is 9.90 Å². The molecule has 0 atom stereocenters. The number of hydrogen-bond donors (Lipinski definition) is 1. The number of carboxylic acids is 1. The zero-order valence-electron chi connectivity index (χ0n) is 8.51. The highest BCUT2D eigenvalue weighted by Crippen LogP contribution is 2.30. The second-order valence-electron chi connectivity index (χ2n) is 3.19. The molecule has 0 aliphatic heterocycles. The first-order valence-electron chi connectivity index (χ1n) is 4.58. The minimum Gasteiger partial charge on any atom is -0.478 e. The molecule has 1 heterocycles. The molecule has 0 aliphatic rings. The van der Waals surface area contributed by atoms with Crippen LogP contribution < -0.4 is 0 Å². The van der Waals surface area contributed by atoms with Crippen LogP contribution in [-0.2, 0) is 0 Å². The van der Waals surface area contributed by atoms with Crippen LogP contribution in [0.25, 0.3) is 0 Å². The van der Waals surface area contributed by atoms with Crippen LogP contribution in [0, 0.1) is 6.92 Å². The topological polar surface area (TPSA) is 50.2 Å². The van der Waals surface area contributed by atoms with Crippen molar-refractivity contribution in [2.24, 2.45) is 0 Å². The third-order valence-electron chi connectivity index (χ3n) is 1.90. The highest BCUT2D eigenvalue weighted by molar-refractivity contribution is 8.01. The van der Waals surface area contributed by atoms with Gasteiger partial charge in [0.1, 0.15) is 0 Å². The zero-order chi connectivity index (χ0) is 11.5. The molecule has 0 amide bonds. The van der Waals surface area contributed by atoms with Gasteiger partial charge in [-0.05, 0) is 31.2 Å². The summed E-state index contributed by atoms with van der Waals surface area (Å²) in [4.78, 5) is 16.0. The van der Waals surface area contributed by atoms with Gasteiger partial charge in [0, 0.05) is 16.0 Å². The van der Waals surface area contributed by atoms with Crippen LogP contribution >= 0.6 is 23.1 Å². The monoisotopic (exact) mass is 251 g/mol. The summed E-state index contributed by atoms with van der Waals surface area (Å²) >= 11 is 3.13. The number of hydrogen-bond acceptors (Lipinski definition) is 4. The molecule has 1 aromatic carbocycles. The Balaban J connectivity index is 2.14. The summed E-state index contributed by atoms with van der Waals surface area (Å²) in [5, 5.41) is 10.7. The van der Waals surface area contributed by atoms with E-state index in [1.165, 1.54) is 0 Å². The van der Waals surface area contributed by atoms with E-state index in [2.05, 4.69) is 4.98 Å². The summed E-state index contributed by atoms with van der Waals surface area (Å²) in [6.07, 6.45) is 0. The molecular weight excluding hydrogens is 242 g/mol. The van der Waals surface area contributed by atoms with E-state index in [4.69, 9.17) is 5.11 Å². The molecule has 0 saturated carbocycles. The Morgan fingerprint density at radius 2 is 2.06 bits per heavy atom. The van der Waals surface area contributed by atoms with Crippen LogP contribution in [0.1, 0.15) is 16.1 Å². The number of carboxylic acid groups (broad SMARTS) is 1. The number of thiazole rings is 1. The lowest BCUT2D eigenvalue weighted by atomic mass is 10.2. The lowest BCUT2D eigenvalue weighted by Crippen LogP contribution is -1.94. The summed E-state index contributed by atoms with van der Waals surface area (Å²) in [6.45, 7) is 1.95. The van der Waals surface area contributed by atoms with Crippen molar-refractivity contribution in [3.05, 3.63) is 40.9 Å². The average Bonchev–Trinajstić information content (AvgIpc) is 2.65. The summed E-state index contributed by atoms with van der Waals surface area (Å²) in [7, 11) is 0. The Kier molecular flexibility index (Phi) is 3.26. The normalized spacial score (nSPS) is 10.3. The minimum atomic E-state index is -0.901. The molecular formula is C11H9NO2S2. The SMILES string of the molecule is Cc1csc(Sc2ccc(C(=O)O)cc2)n1. The fourth-order valence-corrected chi connectivity index (χ4v) is 2.96. The summed E-state index contributed by atoms with van der Waals surface area (Å²) in [5.41, 5.74) is 1.31. The quantitative estimate of drug-likeness (QED) is 0.909. The van der Waals surface area contributed by atoms with Crippen LogP contribution in [0.3, 0.4) is 0 Å². The van der Waals surface area contributed by atoms with Crippen molar-refractivity contribution in [3.8, 4) is 0 Å². The molecule has 0 bridgehead atoms.